The number of hydrogen-bond acceptors (Lipinski definition) is 1. The van der Waals surface area contributed by atoms with E-state index in [1.165, 1.54) is 0 Å². The third-order valence-corrected chi connectivity index (χ3v) is 1.20. The van der Waals surface area contributed by atoms with Gasteiger partial charge in [-0.2, -0.15) is 0 Å². The van der Waals surface area contributed by atoms with Crippen molar-refractivity contribution in [2.45, 2.75) is 13.3 Å². The van der Waals surface area contributed by atoms with Gasteiger partial charge in [-0.25, -0.2) is 0 Å². The molecule has 0 aliphatic rings. The standard InChI is InChI=1S/C7H9ClO/c1-3-5-6(4-2)7(8)9/h3,5H,1,4H2,2H3/b6-5+. The van der Waals surface area contributed by atoms with Gasteiger partial charge in [0, 0.05) is 5.57 Å². The number of carbonyl (C=O) groups is 1. The van der Waals surface area contributed by atoms with Gasteiger partial charge in [-0.15, -0.1) is 0 Å². The van der Waals surface area contributed by atoms with Gasteiger partial charge in [0.1, 0.15) is 0 Å². The van der Waals surface area contributed by atoms with E-state index < -0.39 is 5.24 Å². The molecule has 0 fully saturated rings. The highest BCUT2D eigenvalue weighted by atomic mass is 35.5. The molecule has 0 aromatic carbocycles. The SMILES string of the molecule is C=C/C=C(\CC)C(=O)Cl. The van der Waals surface area contributed by atoms with Gasteiger partial charge < -0.3 is 0 Å². The maximum absolute atomic E-state index is 10.4. The van der Waals surface area contributed by atoms with Crippen LogP contribution in [0.3, 0.4) is 0 Å². The summed E-state index contributed by atoms with van der Waals surface area (Å²) in [5.74, 6) is 0. The minimum absolute atomic E-state index is 0.391. The Morgan fingerprint density at radius 1 is 1.78 bits per heavy atom. The van der Waals surface area contributed by atoms with Gasteiger partial charge >= 0.3 is 0 Å². The first kappa shape index (κ1) is 8.44. The molecular weight excluding hydrogens is 136 g/mol. The predicted molar refractivity (Wildman–Crippen MR) is 39.4 cm³/mol. The summed E-state index contributed by atoms with van der Waals surface area (Å²) in [6, 6.07) is 0. The lowest BCUT2D eigenvalue weighted by Crippen LogP contribution is -1.89. The summed E-state index contributed by atoms with van der Waals surface area (Å²) < 4.78 is 0. The third kappa shape index (κ3) is 3.09. The lowest BCUT2D eigenvalue weighted by atomic mass is 10.2. The van der Waals surface area contributed by atoms with E-state index in [4.69, 9.17) is 11.6 Å². The summed E-state index contributed by atoms with van der Waals surface area (Å²) in [6.45, 7) is 5.31. The van der Waals surface area contributed by atoms with Gasteiger partial charge in [-0.1, -0.05) is 25.7 Å². The van der Waals surface area contributed by atoms with Crippen molar-refractivity contribution in [1.29, 1.82) is 0 Å². The topological polar surface area (TPSA) is 17.1 Å². The van der Waals surface area contributed by atoms with E-state index in [0.717, 1.165) is 0 Å². The molecule has 0 aliphatic heterocycles. The van der Waals surface area contributed by atoms with E-state index in [0.29, 0.717) is 12.0 Å². The van der Waals surface area contributed by atoms with Crippen LogP contribution in [0, 0.1) is 0 Å². The lowest BCUT2D eigenvalue weighted by molar-refractivity contribution is -0.108. The molecule has 0 radical (unpaired) electrons. The molecule has 0 N–H and O–H groups in total. The minimum atomic E-state index is -0.391. The highest BCUT2D eigenvalue weighted by Crippen LogP contribution is 2.04. The monoisotopic (exact) mass is 144 g/mol. The van der Waals surface area contributed by atoms with E-state index >= 15 is 0 Å². The molecule has 0 saturated heterocycles. The van der Waals surface area contributed by atoms with E-state index in [2.05, 4.69) is 6.58 Å². The summed E-state index contributed by atoms with van der Waals surface area (Å²) in [5.41, 5.74) is 0.603. The van der Waals surface area contributed by atoms with Gasteiger partial charge in [-0.05, 0) is 18.0 Å². The van der Waals surface area contributed by atoms with Crippen LogP contribution in [0.2, 0.25) is 0 Å². The van der Waals surface area contributed by atoms with Crippen LogP contribution < -0.4 is 0 Å². The normalized spacial score (nSPS) is 11.1. The Bertz CT molecular complexity index is 147. The molecule has 2 heteroatoms. The van der Waals surface area contributed by atoms with Gasteiger partial charge in [0.25, 0.3) is 0 Å². The second-order valence-electron chi connectivity index (χ2n) is 1.55. The van der Waals surface area contributed by atoms with Crippen LogP contribution in [0.1, 0.15) is 13.3 Å². The molecule has 0 amide bonds. The van der Waals surface area contributed by atoms with Gasteiger partial charge in [0.15, 0.2) is 0 Å². The molecule has 9 heavy (non-hydrogen) atoms. The predicted octanol–water partition coefficient (Wildman–Crippen LogP) is 2.27. The highest BCUT2D eigenvalue weighted by Gasteiger charge is 1.99. The van der Waals surface area contributed by atoms with Crippen LogP contribution in [0.25, 0.3) is 0 Å². The summed E-state index contributed by atoms with van der Waals surface area (Å²) in [4.78, 5) is 10.4. The van der Waals surface area contributed by atoms with Gasteiger partial charge in [0.2, 0.25) is 5.24 Å². The molecule has 0 spiro atoms. The first-order valence-corrected chi connectivity index (χ1v) is 3.11. The van der Waals surface area contributed by atoms with E-state index in [9.17, 15) is 4.79 Å². The summed E-state index contributed by atoms with van der Waals surface area (Å²) >= 11 is 5.17. The van der Waals surface area contributed by atoms with Crippen molar-refractivity contribution in [3.63, 3.8) is 0 Å². The lowest BCUT2D eigenvalue weighted by Gasteiger charge is -1.91. The van der Waals surface area contributed by atoms with Crippen LogP contribution in [-0.2, 0) is 4.79 Å². The second kappa shape index (κ2) is 4.33. The first-order valence-electron chi connectivity index (χ1n) is 2.73. The maximum Gasteiger partial charge on any atom is 0.248 e. The zero-order valence-electron chi connectivity index (χ0n) is 5.36. The van der Waals surface area contributed by atoms with Crippen molar-refractivity contribution in [2.75, 3.05) is 0 Å². The van der Waals surface area contributed by atoms with Crippen molar-refractivity contribution in [2.24, 2.45) is 0 Å². The number of allylic oxidation sites excluding steroid dienone is 3. The number of carbonyl (C=O) groups excluding carboxylic acids is 1. The molecule has 0 aliphatic carbocycles. The first-order chi connectivity index (χ1) is 4.22. The molecule has 0 atom stereocenters. The highest BCUT2D eigenvalue weighted by molar-refractivity contribution is 6.67. The summed E-state index contributed by atoms with van der Waals surface area (Å²) in [6.07, 6.45) is 3.84. The molecular formula is C7H9ClO. The van der Waals surface area contributed by atoms with Crippen molar-refractivity contribution in [1.82, 2.24) is 0 Å². The average Bonchev–Trinajstić information content (AvgIpc) is 1.82. The second-order valence-corrected chi connectivity index (χ2v) is 1.90. The quantitative estimate of drug-likeness (QED) is 0.338. The number of hydrogen-bond donors (Lipinski definition) is 0. The Labute approximate surface area is 60.0 Å². The smallest absolute Gasteiger partial charge is 0.248 e. The van der Waals surface area contributed by atoms with Crippen LogP contribution in [-0.4, -0.2) is 5.24 Å². The zero-order chi connectivity index (χ0) is 7.28. The zero-order valence-corrected chi connectivity index (χ0v) is 6.11. The fraction of sp³-hybridized carbons (Fsp3) is 0.286. The molecule has 0 aromatic heterocycles. The minimum Gasteiger partial charge on any atom is -0.276 e. The Kier molecular flexibility index (Phi) is 4.06. The van der Waals surface area contributed by atoms with Gasteiger partial charge in [0.05, 0.1) is 0 Å². The Hall–Kier alpha value is -0.560. The molecule has 0 aromatic rings. The van der Waals surface area contributed by atoms with E-state index in [1.807, 2.05) is 6.92 Å². The van der Waals surface area contributed by atoms with Gasteiger partial charge in [-0.3, -0.25) is 4.79 Å². The van der Waals surface area contributed by atoms with E-state index in [1.54, 1.807) is 12.2 Å². The van der Waals surface area contributed by atoms with Crippen LogP contribution in [0.5, 0.6) is 0 Å². The summed E-state index contributed by atoms with van der Waals surface area (Å²) in [5, 5.41) is -0.391. The molecule has 0 heterocycles. The van der Waals surface area contributed by atoms with Crippen LogP contribution in [0.15, 0.2) is 24.3 Å². The van der Waals surface area contributed by atoms with Crippen molar-refractivity contribution >= 4 is 16.8 Å². The van der Waals surface area contributed by atoms with Crippen molar-refractivity contribution in [3.05, 3.63) is 24.3 Å². The molecule has 50 valence electrons. The average molecular weight is 145 g/mol. The van der Waals surface area contributed by atoms with E-state index in [-0.39, 0.29) is 0 Å². The van der Waals surface area contributed by atoms with Crippen molar-refractivity contribution < 1.29 is 4.79 Å². The Morgan fingerprint density at radius 3 is 2.44 bits per heavy atom. The number of halogens is 1. The van der Waals surface area contributed by atoms with Crippen molar-refractivity contribution in [3.8, 4) is 0 Å². The molecule has 0 rings (SSSR count). The fourth-order valence-corrected chi connectivity index (χ4v) is 0.661. The molecule has 0 bridgehead atoms. The van der Waals surface area contributed by atoms with Crippen LogP contribution in [0.4, 0.5) is 0 Å². The van der Waals surface area contributed by atoms with Crippen LogP contribution >= 0.6 is 11.6 Å². The molecule has 1 nitrogen and oxygen atoms in total. The molecule has 0 unspecified atom stereocenters. The molecule has 0 saturated carbocycles. The third-order valence-electron chi connectivity index (χ3n) is 0.952. The largest absolute Gasteiger partial charge is 0.276 e. The maximum atomic E-state index is 10.4. The number of rotatable bonds is 3. The Morgan fingerprint density at radius 2 is 2.33 bits per heavy atom. The summed E-state index contributed by atoms with van der Waals surface area (Å²) in [7, 11) is 0. The Balaban J connectivity index is 4.14. The fourth-order valence-electron chi connectivity index (χ4n) is 0.465.